The van der Waals surface area contributed by atoms with E-state index in [0.29, 0.717) is 37.7 Å². The van der Waals surface area contributed by atoms with Crippen molar-refractivity contribution in [3.63, 3.8) is 0 Å². The van der Waals surface area contributed by atoms with Crippen LogP contribution in [0.5, 0.6) is 0 Å². The Hall–Kier alpha value is -2.48. The summed E-state index contributed by atoms with van der Waals surface area (Å²) in [6.45, 7) is 7.93. The molecule has 0 atom stereocenters. The maximum absolute atomic E-state index is 13.4. The molecular weight excluding hydrogens is 337 g/mol. The van der Waals surface area contributed by atoms with Crippen molar-refractivity contribution in [3.8, 4) is 0 Å². The van der Waals surface area contributed by atoms with Crippen molar-refractivity contribution in [2.75, 3.05) is 31.1 Å². The fourth-order valence-corrected chi connectivity index (χ4v) is 3.90. The molecule has 7 nitrogen and oxygen atoms in total. The SMILES string of the molecule is Cc1cc(C(=O)N2CC(C)(C)OC3(C2)CN(c2cccc(F)n2)C3)n[nH]1. The highest BCUT2D eigenvalue weighted by atomic mass is 19.1. The minimum atomic E-state index is -0.501. The van der Waals surface area contributed by atoms with Gasteiger partial charge in [0, 0.05) is 12.2 Å². The molecule has 2 aliphatic heterocycles. The van der Waals surface area contributed by atoms with Gasteiger partial charge < -0.3 is 14.5 Å². The fourth-order valence-electron chi connectivity index (χ4n) is 3.90. The lowest BCUT2D eigenvalue weighted by atomic mass is 9.88. The summed E-state index contributed by atoms with van der Waals surface area (Å²) in [5, 5.41) is 6.89. The van der Waals surface area contributed by atoms with Gasteiger partial charge in [0.25, 0.3) is 5.91 Å². The standard InChI is InChI=1S/C18H22FN5O2/c1-12-7-13(22-21-12)16(25)24-8-17(2,3)26-18(11-24)9-23(10-18)15-6-4-5-14(19)20-15/h4-7H,8-11H2,1-3H3,(H,21,22). The maximum atomic E-state index is 13.4. The molecule has 2 aromatic rings. The molecule has 2 fully saturated rings. The van der Waals surface area contributed by atoms with Crippen LogP contribution in [0.2, 0.25) is 0 Å². The first kappa shape index (κ1) is 17.0. The van der Waals surface area contributed by atoms with E-state index in [0.717, 1.165) is 5.69 Å². The Bertz CT molecular complexity index is 844. The number of aromatic nitrogens is 3. The Morgan fingerprint density at radius 2 is 2.04 bits per heavy atom. The van der Waals surface area contributed by atoms with Gasteiger partial charge in [0.1, 0.15) is 17.1 Å². The van der Waals surface area contributed by atoms with E-state index in [-0.39, 0.29) is 5.91 Å². The van der Waals surface area contributed by atoms with Gasteiger partial charge in [-0.1, -0.05) is 6.07 Å². The first-order chi connectivity index (χ1) is 12.3. The largest absolute Gasteiger partial charge is 0.362 e. The summed E-state index contributed by atoms with van der Waals surface area (Å²) in [6.07, 6.45) is 0. The van der Waals surface area contributed by atoms with E-state index in [1.807, 2.05) is 25.7 Å². The van der Waals surface area contributed by atoms with Gasteiger partial charge in [-0.2, -0.15) is 9.49 Å². The predicted molar refractivity (Wildman–Crippen MR) is 93.5 cm³/mol. The van der Waals surface area contributed by atoms with Crippen molar-refractivity contribution in [1.29, 1.82) is 0 Å². The van der Waals surface area contributed by atoms with Crippen LogP contribution >= 0.6 is 0 Å². The lowest BCUT2D eigenvalue weighted by Gasteiger charge is -2.58. The first-order valence-electron chi connectivity index (χ1n) is 8.64. The second-order valence-electron chi connectivity index (χ2n) is 7.82. The quantitative estimate of drug-likeness (QED) is 0.827. The number of carbonyl (C=O) groups excluding carboxylic acids is 1. The third kappa shape index (κ3) is 3.05. The fraction of sp³-hybridized carbons (Fsp3) is 0.500. The van der Waals surface area contributed by atoms with Gasteiger partial charge in [0.05, 0.1) is 25.2 Å². The lowest BCUT2D eigenvalue weighted by molar-refractivity contribution is -0.198. The number of carbonyl (C=O) groups is 1. The van der Waals surface area contributed by atoms with Crippen molar-refractivity contribution >= 4 is 11.7 Å². The van der Waals surface area contributed by atoms with Gasteiger partial charge in [0.15, 0.2) is 0 Å². The second-order valence-corrected chi connectivity index (χ2v) is 7.82. The van der Waals surface area contributed by atoms with Crippen molar-refractivity contribution in [3.05, 3.63) is 41.6 Å². The van der Waals surface area contributed by atoms with E-state index >= 15 is 0 Å². The number of ether oxygens (including phenoxy) is 1. The highest BCUT2D eigenvalue weighted by Crippen LogP contribution is 2.37. The van der Waals surface area contributed by atoms with Crippen molar-refractivity contribution < 1.29 is 13.9 Å². The molecule has 0 radical (unpaired) electrons. The summed E-state index contributed by atoms with van der Waals surface area (Å²) in [6, 6.07) is 6.50. The predicted octanol–water partition coefficient (Wildman–Crippen LogP) is 1.76. The number of halogens is 1. The number of aromatic amines is 1. The minimum Gasteiger partial charge on any atom is -0.362 e. The summed E-state index contributed by atoms with van der Waals surface area (Å²) >= 11 is 0. The number of nitrogens with zero attached hydrogens (tertiary/aromatic N) is 4. The smallest absolute Gasteiger partial charge is 0.274 e. The number of anilines is 1. The number of H-pyrrole nitrogens is 1. The van der Waals surface area contributed by atoms with Gasteiger partial charge in [-0.05, 0) is 39.0 Å². The summed E-state index contributed by atoms with van der Waals surface area (Å²) in [7, 11) is 0. The lowest BCUT2D eigenvalue weighted by Crippen LogP contribution is -2.74. The molecule has 8 heteroatoms. The van der Waals surface area contributed by atoms with Crippen molar-refractivity contribution in [2.45, 2.75) is 32.0 Å². The van der Waals surface area contributed by atoms with Crippen LogP contribution in [0.25, 0.3) is 0 Å². The molecule has 1 N–H and O–H groups in total. The van der Waals surface area contributed by atoms with Crippen LogP contribution < -0.4 is 4.90 Å². The Morgan fingerprint density at radius 3 is 2.69 bits per heavy atom. The third-order valence-electron chi connectivity index (χ3n) is 4.74. The number of pyridine rings is 1. The van der Waals surface area contributed by atoms with E-state index in [2.05, 4.69) is 15.2 Å². The molecular formula is C18H22FN5O2. The van der Waals surface area contributed by atoms with E-state index in [9.17, 15) is 9.18 Å². The number of nitrogens with one attached hydrogen (secondary N) is 1. The van der Waals surface area contributed by atoms with Crippen molar-refractivity contribution in [1.82, 2.24) is 20.1 Å². The van der Waals surface area contributed by atoms with Crippen molar-refractivity contribution in [2.24, 2.45) is 0 Å². The van der Waals surface area contributed by atoms with Crippen LogP contribution in [0.1, 0.15) is 30.0 Å². The zero-order chi connectivity index (χ0) is 18.5. The maximum Gasteiger partial charge on any atom is 0.274 e. The molecule has 0 aliphatic carbocycles. The van der Waals surface area contributed by atoms with Crippen LogP contribution in [0, 0.1) is 12.9 Å². The van der Waals surface area contributed by atoms with Crippen LogP contribution in [0.4, 0.5) is 10.2 Å². The number of hydrogen-bond acceptors (Lipinski definition) is 5. The molecule has 4 rings (SSSR count). The van der Waals surface area contributed by atoms with Crippen LogP contribution in [-0.4, -0.2) is 63.4 Å². The van der Waals surface area contributed by atoms with Gasteiger partial charge in [-0.15, -0.1) is 0 Å². The molecule has 0 bridgehead atoms. The first-order valence-corrected chi connectivity index (χ1v) is 8.64. The molecule has 2 aliphatic rings. The molecule has 1 amide bonds. The Balaban J connectivity index is 1.52. The highest BCUT2D eigenvalue weighted by molar-refractivity contribution is 5.92. The Kier molecular flexibility index (Phi) is 3.76. The average molecular weight is 359 g/mol. The second kappa shape index (κ2) is 5.77. The number of rotatable bonds is 2. The van der Waals surface area contributed by atoms with Gasteiger partial charge in [0.2, 0.25) is 5.95 Å². The molecule has 26 heavy (non-hydrogen) atoms. The Morgan fingerprint density at radius 1 is 1.27 bits per heavy atom. The number of hydrogen-bond donors (Lipinski definition) is 1. The summed E-state index contributed by atoms with van der Waals surface area (Å²) < 4.78 is 19.7. The van der Waals surface area contributed by atoms with Gasteiger partial charge in [-0.25, -0.2) is 4.98 Å². The normalized spacial score (nSPS) is 20.9. The topological polar surface area (TPSA) is 74.3 Å². The van der Waals surface area contributed by atoms with Crippen LogP contribution in [0.3, 0.4) is 0 Å². The highest BCUT2D eigenvalue weighted by Gasteiger charge is 2.53. The molecule has 0 aromatic carbocycles. The van der Waals surface area contributed by atoms with Gasteiger partial charge in [-0.3, -0.25) is 9.89 Å². The van der Waals surface area contributed by atoms with Gasteiger partial charge >= 0.3 is 0 Å². The average Bonchev–Trinajstić information content (AvgIpc) is 2.96. The number of morpholine rings is 1. The number of aryl methyl sites for hydroxylation is 1. The monoisotopic (exact) mass is 359 g/mol. The van der Waals surface area contributed by atoms with Crippen LogP contribution in [0.15, 0.2) is 24.3 Å². The van der Waals surface area contributed by atoms with E-state index < -0.39 is 17.1 Å². The van der Waals surface area contributed by atoms with E-state index in [4.69, 9.17) is 4.74 Å². The minimum absolute atomic E-state index is 0.104. The molecule has 1 spiro atoms. The molecule has 0 saturated carbocycles. The van der Waals surface area contributed by atoms with Crippen LogP contribution in [-0.2, 0) is 4.74 Å². The zero-order valence-corrected chi connectivity index (χ0v) is 15.1. The summed E-state index contributed by atoms with van der Waals surface area (Å²) in [5.74, 6) is -0.0186. The molecule has 0 unspecified atom stereocenters. The molecule has 138 valence electrons. The zero-order valence-electron chi connectivity index (χ0n) is 15.1. The van der Waals surface area contributed by atoms with E-state index in [1.165, 1.54) is 6.07 Å². The third-order valence-corrected chi connectivity index (χ3v) is 4.74. The van der Waals surface area contributed by atoms with E-state index in [1.54, 1.807) is 23.1 Å². The molecule has 4 heterocycles. The molecule has 2 aromatic heterocycles. The summed E-state index contributed by atoms with van der Waals surface area (Å²) in [4.78, 5) is 20.5. The summed E-state index contributed by atoms with van der Waals surface area (Å²) in [5.41, 5.74) is 0.318. The number of amides is 1. The molecule has 2 saturated heterocycles. The Labute approximate surface area is 151 Å².